The summed E-state index contributed by atoms with van der Waals surface area (Å²) in [6, 6.07) is 1.65. The summed E-state index contributed by atoms with van der Waals surface area (Å²) in [6.07, 6.45) is 0. The van der Waals surface area contributed by atoms with Crippen LogP contribution in [0.15, 0.2) is 10.7 Å². The second kappa shape index (κ2) is 5.44. The highest BCUT2D eigenvalue weighted by molar-refractivity contribution is 6.31. The number of nitrogens with one attached hydrogen (secondary N) is 1. The number of nitrogens with zero attached hydrogens (tertiary/aromatic N) is 1. The van der Waals surface area contributed by atoms with Crippen molar-refractivity contribution >= 4 is 17.6 Å². The number of methoxy groups -OCH3 is 1. The van der Waals surface area contributed by atoms with E-state index in [1.165, 1.54) is 7.11 Å². The van der Waals surface area contributed by atoms with Crippen molar-refractivity contribution in [3.8, 4) is 6.07 Å². The molecule has 66 valence electrons. The molecular formula is C7H9ClN2O2. The lowest BCUT2D eigenvalue weighted by Crippen LogP contribution is -2.14. The van der Waals surface area contributed by atoms with Crippen LogP contribution in [0.5, 0.6) is 0 Å². The van der Waals surface area contributed by atoms with Crippen molar-refractivity contribution in [3.05, 3.63) is 10.7 Å². The van der Waals surface area contributed by atoms with Gasteiger partial charge in [0.05, 0.1) is 7.11 Å². The summed E-state index contributed by atoms with van der Waals surface area (Å²) in [5, 5.41) is 11.1. The van der Waals surface area contributed by atoms with Crippen LogP contribution >= 0.6 is 11.6 Å². The zero-order valence-electron chi connectivity index (χ0n) is 6.85. The molecule has 0 aromatic heterocycles. The van der Waals surface area contributed by atoms with Crippen LogP contribution in [0.1, 0.15) is 6.92 Å². The zero-order valence-corrected chi connectivity index (χ0v) is 7.60. The fourth-order valence-electron chi connectivity index (χ4n) is 0.530. The molecule has 1 N–H and O–H groups in total. The molecule has 0 atom stereocenters. The van der Waals surface area contributed by atoms with Gasteiger partial charge < -0.3 is 10.1 Å². The van der Waals surface area contributed by atoms with Crippen molar-refractivity contribution in [1.82, 2.24) is 5.32 Å². The molecule has 4 nitrogen and oxygen atoms in total. The molecular weight excluding hydrogens is 180 g/mol. The van der Waals surface area contributed by atoms with Gasteiger partial charge in [0.2, 0.25) is 0 Å². The third-order valence-electron chi connectivity index (χ3n) is 1.05. The van der Waals surface area contributed by atoms with Crippen LogP contribution in [-0.2, 0) is 9.53 Å². The minimum atomic E-state index is -0.733. The Kier molecular flexibility index (Phi) is 4.89. The first-order valence-corrected chi connectivity index (χ1v) is 3.67. The van der Waals surface area contributed by atoms with Crippen LogP contribution in [0.2, 0.25) is 0 Å². The van der Waals surface area contributed by atoms with Crippen molar-refractivity contribution in [2.45, 2.75) is 6.92 Å². The van der Waals surface area contributed by atoms with E-state index >= 15 is 0 Å². The van der Waals surface area contributed by atoms with Crippen LogP contribution in [-0.4, -0.2) is 19.6 Å². The zero-order chi connectivity index (χ0) is 9.56. The second-order valence-corrected chi connectivity index (χ2v) is 2.20. The lowest BCUT2D eigenvalue weighted by atomic mass is 10.3. The number of hydrogen-bond donors (Lipinski definition) is 1. The fourth-order valence-corrected chi connectivity index (χ4v) is 0.783. The lowest BCUT2D eigenvalue weighted by molar-refractivity contribution is -0.135. The molecule has 5 heteroatoms. The quantitative estimate of drug-likeness (QED) is 0.307. The number of rotatable bonds is 3. The predicted octanol–water partition coefficient (Wildman–Crippen LogP) is 0.743. The molecule has 0 radical (unpaired) electrons. The highest BCUT2D eigenvalue weighted by Gasteiger charge is 2.13. The maximum atomic E-state index is 10.8. The van der Waals surface area contributed by atoms with E-state index < -0.39 is 5.97 Å². The topological polar surface area (TPSA) is 62.1 Å². The third-order valence-corrected chi connectivity index (χ3v) is 1.38. The van der Waals surface area contributed by atoms with Gasteiger partial charge in [-0.2, -0.15) is 5.26 Å². The molecule has 0 aromatic rings. The van der Waals surface area contributed by atoms with E-state index in [9.17, 15) is 4.79 Å². The predicted molar refractivity (Wildman–Crippen MR) is 44.2 cm³/mol. The fraction of sp³-hybridized carbons (Fsp3) is 0.429. The number of esters is 1. The van der Waals surface area contributed by atoms with Gasteiger partial charge in [0.25, 0.3) is 0 Å². The van der Waals surface area contributed by atoms with Crippen LogP contribution < -0.4 is 5.32 Å². The molecule has 0 amide bonds. The van der Waals surface area contributed by atoms with Gasteiger partial charge in [-0.15, -0.1) is 0 Å². The summed E-state index contributed by atoms with van der Waals surface area (Å²) in [5.41, 5.74) is -0.207. The Morgan fingerprint density at radius 2 is 2.33 bits per heavy atom. The van der Waals surface area contributed by atoms with Gasteiger partial charge >= 0.3 is 5.97 Å². The molecule has 0 saturated carbocycles. The number of carbonyl (C=O) groups excluding carboxylic acids is 1. The molecule has 0 aliphatic heterocycles. The molecule has 0 heterocycles. The van der Waals surface area contributed by atoms with Crippen molar-refractivity contribution in [2.75, 3.05) is 13.7 Å². The average molecular weight is 189 g/mol. The van der Waals surface area contributed by atoms with Gasteiger partial charge in [-0.3, -0.25) is 0 Å². The third kappa shape index (κ3) is 2.81. The Hall–Kier alpha value is -1.21. The summed E-state index contributed by atoms with van der Waals surface area (Å²) in [7, 11) is 1.19. The summed E-state index contributed by atoms with van der Waals surface area (Å²) in [6.45, 7) is 2.34. The molecule has 0 spiro atoms. The molecule has 0 unspecified atom stereocenters. The van der Waals surface area contributed by atoms with Gasteiger partial charge in [-0.25, -0.2) is 4.79 Å². The average Bonchev–Trinajstić information content (AvgIpc) is 2.06. The first kappa shape index (κ1) is 10.8. The monoisotopic (exact) mass is 188 g/mol. The highest BCUT2D eigenvalue weighted by Crippen LogP contribution is 2.06. The molecule has 0 saturated heterocycles. The Morgan fingerprint density at radius 1 is 1.75 bits per heavy atom. The maximum absolute atomic E-state index is 10.8. The maximum Gasteiger partial charge on any atom is 0.351 e. The Labute approximate surface area is 75.8 Å². The Balaban J connectivity index is 4.64. The van der Waals surface area contributed by atoms with Crippen molar-refractivity contribution in [1.29, 1.82) is 5.26 Å². The van der Waals surface area contributed by atoms with E-state index in [4.69, 9.17) is 16.9 Å². The largest absolute Gasteiger partial charge is 0.465 e. The van der Waals surface area contributed by atoms with Crippen LogP contribution in [0.4, 0.5) is 0 Å². The van der Waals surface area contributed by atoms with Gasteiger partial charge in [-0.1, -0.05) is 11.6 Å². The molecule has 0 aliphatic carbocycles. The smallest absolute Gasteiger partial charge is 0.351 e. The number of ether oxygens (including phenoxy) is 1. The normalized spacial score (nSPS) is 11.2. The highest BCUT2D eigenvalue weighted by atomic mass is 35.5. The number of halogens is 1. The van der Waals surface area contributed by atoms with E-state index in [0.717, 1.165) is 0 Å². The van der Waals surface area contributed by atoms with Crippen LogP contribution in [0.3, 0.4) is 0 Å². The van der Waals surface area contributed by atoms with Gasteiger partial charge in [-0.05, 0) is 6.92 Å². The van der Waals surface area contributed by atoms with Gasteiger partial charge in [0.1, 0.15) is 11.2 Å². The van der Waals surface area contributed by atoms with Crippen molar-refractivity contribution in [3.63, 3.8) is 0 Å². The second-order valence-electron chi connectivity index (χ2n) is 1.82. The van der Waals surface area contributed by atoms with Gasteiger partial charge in [0, 0.05) is 6.54 Å². The van der Waals surface area contributed by atoms with E-state index in [1.54, 1.807) is 13.0 Å². The molecule has 12 heavy (non-hydrogen) atoms. The van der Waals surface area contributed by atoms with Crippen molar-refractivity contribution in [2.24, 2.45) is 0 Å². The van der Waals surface area contributed by atoms with E-state index in [0.29, 0.717) is 6.54 Å². The number of nitriles is 1. The lowest BCUT2D eigenvalue weighted by Gasteiger charge is -2.02. The van der Waals surface area contributed by atoms with E-state index in [2.05, 4.69) is 10.1 Å². The molecule has 0 rings (SSSR count). The minimum absolute atomic E-state index is 0.0202. The Morgan fingerprint density at radius 3 is 2.67 bits per heavy atom. The Bertz CT molecular complexity index is 242. The van der Waals surface area contributed by atoms with E-state index in [-0.39, 0.29) is 10.7 Å². The molecule has 0 aliphatic rings. The summed E-state index contributed by atoms with van der Waals surface area (Å²) in [5.74, 6) is -0.733. The van der Waals surface area contributed by atoms with Crippen LogP contribution in [0, 0.1) is 11.3 Å². The summed E-state index contributed by atoms with van der Waals surface area (Å²) in [4.78, 5) is 10.8. The van der Waals surface area contributed by atoms with Gasteiger partial charge in [0.15, 0.2) is 5.57 Å². The first-order valence-electron chi connectivity index (χ1n) is 3.29. The first-order chi connectivity index (χ1) is 5.67. The number of hydrogen-bond acceptors (Lipinski definition) is 4. The van der Waals surface area contributed by atoms with Crippen LogP contribution in [0.25, 0.3) is 0 Å². The van der Waals surface area contributed by atoms with E-state index in [1.807, 2.05) is 0 Å². The summed E-state index contributed by atoms with van der Waals surface area (Å²) >= 11 is 5.57. The molecule has 0 bridgehead atoms. The summed E-state index contributed by atoms with van der Waals surface area (Å²) < 4.78 is 4.33. The standard InChI is InChI=1S/C7H9ClN2O2/c1-3-10-6(8)5(4-9)7(11)12-2/h10H,3H2,1-2H3/b6-5+. The number of carbonyl (C=O) groups is 1. The molecule has 0 aromatic carbocycles. The minimum Gasteiger partial charge on any atom is -0.465 e. The SMILES string of the molecule is CCN/C(Cl)=C(\C#N)C(=O)OC. The van der Waals surface area contributed by atoms with Crippen molar-refractivity contribution < 1.29 is 9.53 Å². The molecule has 0 fully saturated rings.